The first-order valence-corrected chi connectivity index (χ1v) is 20.6. The first-order chi connectivity index (χ1) is 25.6. The van der Waals surface area contributed by atoms with Crippen molar-refractivity contribution in [2.45, 2.75) is 126 Å². The van der Waals surface area contributed by atoms with E-state index in [0.29, 0.717) is 71.9 Å². The predicted octanol–water partition coefficient (Wildman–Crippen LogP) is 2.33. The molecule has 0 aliphatic carbocycles. The summed E-state index contributed by atoms with van der Waals surface area (Å²) in [6.45, 7) is 18.0. The zero-order chi connectivity index (χ0) is 41.0. The van der Waals surface area contributed by atoms with Crippen molar-refractivity contribution in [1.29, 1.82) is 0 Å². The molecule has 10 N–H and O–H groups in total. The summed E-state index contributed by atoms with van der Waals surface area (Å²) < 4.78 is 0. The number of nitrogens with two attached hydrogens (primary N) is 2. The molecule has 54 heavy (non-hydrogen) atoms. The number of hydrogen-bond acceptors (Lipinski definition) is 10. The molecule has 0 aromatic carbocycles. The zero-order valence-electron chi connectivity index (χ0n) is 34.9. The molecule has 0 aromatic rings. The number of carbonyl (C=O) groups excluding carboxylic acids is 6. The second-order valence-corrected chi connectivity index (χ2v) is 15.8. The van der Waals surface area contributed by atoms with Crippen LogP contribution in [0.1, 0.15) is 126 Å². The second kappa shape index (κ2) is 29.4. The lowest BCUT2D eigenvalue weighted by Crippen LogP contribution is -2.43. The van der Waals surface area contributed by atoms with Gasteiger partial charge >= 0.3 is 0 Å². The summed E-state index contributed by atoms with van der Waals surface area (Å²) in [6.07, 6.45) is 6.34. The molecule has 3 unspecified atom stereocenters. The van der Waals surface area contributed by atoms with Crippen LogP contribution in [-0.4, -0.2) is 101 Å². The average Bonchev–Trinajstić information content (AvgIpc) is 3.12. The van der Waals surface area contributed by atoms with Crippen molar-refractivity contribution in [3.63, 3.8) is 0 Å². The fourth-order valence-corrected chi connectivity index (χ4v) is 6.50. The molecule has 0 radical (unpaired) electrons. The van der Waals surface area contributed by atoms with Crippen LogP contribution in [0, 0.1) is 28.6 Å². The molecule has 0 fully saturated rings. The normalized spacial score (nSPS) is 13.4. The Labute approximate surface area is 326 Å². The van der Waals surface area contributed by atoms with Crippen LogP contribution in [0.5, 0.6) is 0 Å². The molecular weight excluding hydrogens is 688 g/mol. The molecule has 4 amide bonds. The molecule has 0 aromatic heterocycles. The second-order valence-electron chi connectivity index (χ2n) is 15.8. The molecular formula is C40H78N8O6. The summed E-state index contributed by atoms with van der Waals surface area (Å²) in [4.78, 5) is 80.9. The average molecular weight is 767 g/mol. The van der Waals surface area contributed by atoms with Gasteiger partial charge in [0.05, 0.1) is 0 Å². The van der Waals surface area contributed by atoms with E-state index in [1.54, 1.807) is 27.7 Å². The number of amides is 4. The van der Waals surface area contributed by atoms with E-state index < -0.39 is 28.6 Å². The van der Waals surface area contributed by atoms with Crippen LogP contribution in [0.25, 0.3) is 0 Å². The summed E-state index contributed by atoms with van der Waals surface area (Å²) in [5.74, 6) is -3.57. The molecule has 14 heteroatoms. The Morgan fingerprint density at radius 2 is 0.963 bits per heavy atom. The first kappa shape index (κ1) is 51.1. The van der Waals surface area contributed by atoms with Gasteiger partial charge in [-0.1, -0.05) is 74.1 Å². The molecule has 0 aliphatic heterocycles. The standard InChI is InChI=1S/C40H78N8O6/c1-8-11-13-14-18-45-34(50)26-30(10-3)36(52)40(6,7)29-31(37(53)48-24-22-44-20-16-42)25-33(49)39(4,5)28-32(38(54)47-17-12-9-2)27-35(51)46-23-21-43-19-15-41/h30-32,43-44H,8-29,41-42H2,1-7H3,(H,45,50)(H,46,51)(H,47,54)(H,48,53). The molecule has 0 saturated heterocycles. The Hall–Kier alpha value is -2.94. The molecule has 0 saturated carbocycles. The third-order valence-corrected chi connectivity index (χ3v) is 9.89. The summed E-state index contributed by atoms with van der Waals surface area (Å²) in [6, 6.07) is 0. The fourth-order valence-electron chi connectivity index (χ4n) is 6.50. The van der Waals surface area contributed by atoms with Crippen LogP contribution < -0.4 is 43.4 Å². The highest BCUT2D eigenvalue weighted by Crippen LogP contribution is 2.36. The monoisotopic (exact) mass is 767 g/mol. The minimum absolute atomic E-state index is 0.0711. The van der Waals surface area contributed by atoms with E-state index in [0.717, 1.165) is 38.5 Å². The van der Waals surface area contributed by atoms with Crippen LogP contribution >= 0.6 is 0 Å². The number of nitrogens with one attached hydrogen (secondary N) is 6. The summed E-state index contributed by atoms with van der Waals surface area (Å²) >= 11 is 0. The van der Waals surface area contributed by atoms with Crippen LogP contribution in [0.15, 0.2) is 0 Å². The van der Waals surface area contributed by atoms with Crippen molar-refractivity contribution in [3.05, 3.63) is 0 Å². The molecule has 0 rings (SSSR count). The lowest BCUT2D eigenvalue weighted by molar-refractivity contribution is -0.140. The van der Waals surface area contributed by atoms with Gasteiger partial charge in [-0.15, -0.1) is 0 Å². The van der Waals surface area contributed by atoms with Crippen LogP contribution in [-0.2, 0) is 28.8 Å². The van der Waals surface area contributed by atoms with Crippen molar-refractivity contribution in [1.82, 2.24) is 31.9 Å². The largest absolute Gasteiger partial charge is 0.356 e. The van der Waals surface area contributed by atoms with E-state index in [1.807, 2.05) is 13.8 Å². The lowest BCUT2D eigenvalue weighted by Gasteiger charge is -2.33. The highest BCUT2D eigenvalue weighted by Gasteiger charge is 2.41. The van der Waals surface area contributed by atoms with Gasteiger partial charge in [0, 0.05) is 113 Å². The molecule has 3 atom stereocenters. The molecule has 0 bridgehead atoms. The van der Waals surface area contributed by atoms with Gasteiger partial charge in [0.15, 0.2) is 0 Å². The first-order valence-electron chi connectivity index (χ1n) is 20.6. The number of ketones is 2. The molecule has 14 nitrogen and oxygen atoms in total. The Morgan fingerprint density at radius 3 is 1.50 bits per heavy atom. The van der Waals surface area contributed by atoms with E-state index in [1.165, 1.54) is 0 Å². The highest BCUT2D eigenvalue weighted by molar-refractivity contribution is 5.93. The fraction of sp³-hybridized carbons (Fsp3) is 0.850. The number of rotatable bonds is 34. The van der Waals surface area contributed by atoms with Crippen molar-refractivity contribution >= 4 is 35.2 Å². The van der Waals surface area contributed by atoms with Gasteiger partial charge in [-0.2, -0.15) is 0 Å². The van der Waals surface area contributed by atoms with Crippen molar-refractivity contribution in [2.24, 2.45) is 40.1 Å². The third kappa shape index (κ3) is 22.4. The maximum Gasteiger partial charge on any atom is 0.223 e. The smallest absolute Gasteiger partial charge is 0.223 e. The van der Waals surface area contributed by atoms with Crippen molar-refractivity contribution in [3.8, 4) is 0 Å². The minimum Gasteiger partial charge on any atom is -0.356 e. The number of hydrogen-bond donors (Lipinski definition) is 8. The van der Waals surface area contributed by atoms with Gasteiger partial charge in [-0.3, -0.25) is 28.8 Å². The SMILES string of the molecule is CCCCCCNC(=O)CC(CC)C(=O)C(C)(C)CC(CC(=O)C(C)(C)CC(CC(=O)NCCNCCN)C(=O)NCCCC)C(=O)NCCNCCN. The maximum absolute atomic E-state index is 14.1. The van der Waals surface area contributed by atoms with Crippen LogP contribution in [0.4, 0.5) is 0 Å². The lowest BCUT2D eigenvalue weighted by atomic mass is 9.70. The van der Waals surface area contributed by atoms with Gasteiger partial charge in [0.2, 0.25) is 23.6 Å². The van der Waals surface area contributed by atoms with Gasteiger partial charge in [0.25, 0.3) is 0 Å². The van der Waals surface area contributed by atoms with Gasteiger partial charge in [-0.25, -0.2) is 0 Å². The summed E-state index contributed by atoms with van der Waals surface area (Å²) in [7, 11) is 0. The van der Waals surface area contributed by atoms with Crippen LogP contribution in [0.3, 0.4) is 0 Å². The van der Waals surface area contributed by atoms with E-state index in [9.17, 15) is 28.8 Å². The van der Waals surface area contributed by atoms with E-state index in [2.05, 4.69) is 38.8 Å². The summed E-state index contributed by atoms with van der Waals surface area (Å²) in [5, 5.41) is 17.9. The third-order valence-electron chi connectivity index (χ3n) is 9.89. The maximum atomic E-state index is 14.1. The van der Waals surface area contributed by atoms with Crippen LogP contribution in [0.2, 0.25) is 0 Å². The minimum atomic E-state index is -1.06. The topological polar surface area (TPSA) is 227 Å². The number of unbranched alkanes of at least 4 members (excludes halogenated alkanes) is 4. The summed E-state index contributed by atoms with van der Waals surface area (Å²) in [5.41, 5.74) is 9.00. The molecule has 0 aliphatic rings. The Balaban J connectivity index is 6.03. The quantitative estimate of drug-likeness (QED) is 0.0446. The Morgan fingerprint density at radius 1 is 0.500 bits per heavy atom. The van der Waals surface area contributed by atoms with Gasteiger partial charge < -0.3 is 43.4 Å². The zero-order valence-corrected chi connectivity index (χ0v) is 34.9. The molecule has 0 spiro atoms. The van der Waals surface area contributed by atoms with Gasteiger partial charge in [-0.05, 0) is 32.1 Å². The van der Waals surface area contributed by atoms with E-state index >= 15 is 0 Å². The number of carbonyl (C=O) groups is 6. The Kier molecular flexibility index (Phi) is 27.8. The van der Waals surface area contributed by atoms with Crippen molar-refractivity contribution in [2.75, 3.05) is 65.4 Å². The van der Waals surface area contributed by atoms with Crippen molar-refractivity contribution < 1.29 is 28.8 Å². The molecule has 314 valence electrons. The van der Waals surface area contributed by atoms with Gasteiger partial charge in [0.1, 0.15) is 11.6 Å². The predicted molar refractivity (Wildman–Crippen MR) is 216 cm³/mol. The van der Waals surface area contributed by atoms with E-state index in [4.69, 9.17) is 11.5 Å². The number of Topliss-reactive ketones (excluding diaryl/α,β-unsaturated/α-hetero) is 2. The highest BCUT2D eigenvalue weighted by atomic mass is 16.2. The van der Waals surface area contributed by atoms with E-state index in [-0.39, 0.29) is 67.3 Å². The molecule has 0 heterocycles. The Bertz CT molecular complexity index is 1120.